The third-order valence-electron chi connectivity index (χ3n) is 8.73. The van der Waals surface area contributed by atoms with E-state index in [1.54, 1.807) is 0 Å². The Bertz CT molecular complexity index is 2480. The summed E-state index contributed by atoms with van der Waals surface area (Å²) in [7, 11) is 0. The van der Waals surface area contributed by atoms with Crippen LogP contribution in [-0.2, 0) is 0 Å². The van der Waals surface area contributed by atoms with Gasteiger partial charge in [-0.1, -0.05) is 115 Å². The van der Waals surface area contributed by atoms with E-state index in [9.17, 15) is 0 Å². The van der Waals surface area contributed by atoms with Gasteiger partial charge < -0.3 is 4.57 Å². The lowest BCUT2D eigenvalue weighted by atomic mass is 9.91. The summed E-state index contributed by atoms with van der Waals surface area (Å²) in [6, 6.07) is 55.6. The molecular weight excluding hydrogens is 494 g/mol. The van der Waals surface area contributed by atoms with Crippen molar-refractivity contribution in [3.8, 4) is 16.8 Å². The first-order chi connectivity index (χ1) is 20.3. The van der Waals surface area contributed by atoms with Gasteiger partial charge in [-0.05, 0) is 90.6 Å². The van der Waals surface area contributed by atoms with E-state index in [-0.39, 0.29) is 0 Å². The van der Waals surface area contributed by atoms with E-state index in [0.29, 0.717) is 0 Å². The summed E-state index contributed by atoms with van der Waals surface area (Å²) >= 11 is 0. The van der Waals surface area contributed by atoms with Crippen LogP contribution < -0.4 is 0 Å². The average molecular weight is 520 g/mol. The van der Waals surface area contributed by atoms with Crippen LogP contribution in [0.5, 0.6) is 0 Å². The topological polar surface area (TPSA) is 4.93 Å². The number of para-hydroxylation sites is 1. The number of fused-ring (bicyclic) bond motifs is 9. The normalized spacial score (nSPS) is 11.9. The van der Waals surface area contributed by atoms with E-state index in [2.05, 4.69) is 156 Å². The summed E-state index contributed by atoms with van der Waals surface area (Å²) in [6.07, 6.45) is 0. The fourth-order valence-corrected chi connectivity index (χ4v) is 6.84. The molecule has 0 saturated carbocycles. The zero-order valence-corrected chi connectivity index (χ0v) is 22.4. The van der Waals surface area contributed by atoms with Gasteiger partial charge in [-0.15, -0.1) is 0 Å². The molecule has 0 saturated heterocycles. The fourth-order valence-electron chi connectivity index (χ4n) is 6.84. The predicted molar refractivity (Wildman–Crippen MR) is 176 cm³/mol. The van der Waals surface area contributed by atoms with Gasteiger partial charge in [0, 0.05) is 16.5 Å². The van der Waals surface area contributed by atoms with E-state index in [1.807, 2.05) is 0 Å². The second kappa shape index (κ2) is 8.55. The summed E-state index contributed by atoms with van der Waals surface area (Å²) in [5.74, 6) is 0. The Morgan fingerprint density at radius 2 is 1.00 bits per heavy atom. The van der Waals surface area contributed by atoms with Crippen LogP contribution in [-0.4, -0.2) is 4.57 Å². The predicted octanol–water partition coefficient (Wildman–Crippen LogP) is 11.1. The van der Waals surface area contributed by atoms with Gasteiger partial charge in [-0.3, -0.25) is 0 Å². The third kappa shape index (κ3) is 3.30. The largest absolute Gasteiger partial charge is 0.309 e. The molecule has 0 fully saturated rings. The van der Waals surface area contributed by atoms with Gasteiger partial charge >= 0.3 is 0 Å². The van der Waals surface area contributed by atoms with E-state index in [0.717, 1.165) is 0 Å². The van der Waals surface area contributed by atoms with Crippen LogP contribution in [0.25, 0.3) is 81.7 Å². The molecule has 0 radical (unpaired) electrons. The van der Waals surface area contributed by atoms with Gasteiger partial charge in [0.15, 0.2) is 0 Å². The lowest BCUT2D eigenvalue weighted by Gasteiger charge is -2.13. The average Bonchev–Trinajstić information content (AvgIpc) is 3.39. The van der Waals surface area contributed by atoms with E-state index >= 15 is 0 Å². The molecule has 0 aliphatic carbocycles. The maximum absolute atomic E-state index is 2.43. The number of aromatic nitrogens is 1. The lowest BCUT2D eigenvalue weighted by Crippen LogP contribution is -1.93. The minimum atomic E-state index is 1.19. The SMILES string of the molecule is c1ccc2cc(-n3c4ccccc4c4c5cc(-c6cc7ccccc7c7ccccc67)ccc5ccc43)ccc2c1. The molecule has 0 unspecified atom stereocenters. The summed E-state index contributed by atoms with van der Waals surface area (Å²) in [6.45, 7) is 0. The van der Waals surface area contributed by atoms with Crippen LogP contribution in [0.3, 0.4) is 0 Å². The molecule has 8 aromatic carbocycles. The molecule has 1 aromatic heterocycles. The molecule has 0 spiro atoms. The Labute approximate surface area is 237 Å². The molecule has 9 aromatic rings. The van der Waals surface area contributed by atoms with Crippen molar-refractivity contribution >= 4 is 64.9 Å². The molecule has 1 heteroatoms. The van der Waals surface area contributed by atoms with Gasteiger partial charge in [0.25, 0.3) is 0 Å². The van der Waals surface area contributed by atoms with Crippen molar-refractivity contribution in [3.63, 3.8) is 0 Å². The monoisotopic (exact) mass is 519 g/mol. The fraction of sp³-hybridized carbons (Fsp3) is 0. The molecule has 190 valence electrons. The maximum Gasteiger partial charge on any atom is 0.0547 e. The molecule has 9 rings (SSSR count). The van der Waals surface area contributed by atoms with Gasteiger partial charge in [-0.2, -0.15) is 0 Å². The van der Waals surface area contributed by atoms with E-state index < -0.39 is 0 Å². The highest BCUT2D eigenvalue weighted by atomic mass is 15.0. The molecule has 0 atom stereocenters. The van der Waals surface area contributed by atoms with Crippen molar-refractivity contribution in [3.05, 3.63) is 152 Å². The second-order valence-electron chi connectivity index (χ2n) is 11.0. The van der Waals surface area contributed by atoms with Gasteiger partial charge in [0.1, 0.15) is 0 Å². The van der Waals surface area contributed by atoms with Crippen molar-refractivity contribution in [1.82, 2.24) is 4.57 Å². The molecule has 0 aliphatic heterocycles. The number of hydrogen-bond donors (Lipinski definition) is 0. The number of hydrogen-bond acceptors (Lipinski definition) is 0. The molecule has 0 N–H and O–H groups in total. The molecule has 0 bridgehead atoms. The zero-order valence-electron chi connectivity index (χ0n) is 22.4. The summed E-state index contributed by atoms with van der Waals surface area (Å²) in [5, 5.41) is 12.8. The Morgan fingerprint density at radius 1 is 0.341 bits per heavy atom. The van der Waals surface area contributed by atoms with E-state index in [1.165, 1.54) is 81.7 Å². The second-order valence-corrected chi connectivity index (χ2v) is 11.0. The third-order valence-corrected chi connectivity index (χ3v) is 8.73. The van der Waals surface area contributed by atoms with Gasteiger partial charge in [0.05, 0.1) is 11.0 Å². The van der Waals surface area contributed by atoms with Crippen molar-refractivity contribution in [2.75, 3.05) is 0 Å². The molecule has 41 heavy (non-hydrogen) atoms. The minimum absolute atomic E-state index is 1.19. The highest BCUT2D eigenvalue weighted by molar-refractivity contribution is 6.22. The van der Waals surface area contributed by atoms with Crippen LogP contribution in [0.15, 0.2) is 152 Å². The summed E-state index contributed by atoms with van der Waals surface area (Å²) in [5.41, 5.74) is 6.17. The molecule has 1 nitrogen and oxygen atoms in total. The summed E-state index contributed by atoms with van der Waals surface area (Å²) < 4.78 is 2.43. The first-order valence-corrected chi connectivity index (χ1v) is 14.2. The van der Waals surface area contributed by atoms with Crippen molar-refractivity contribution in [2.24, 2.45) is 0 Å². The number of rotatable bonds is 2. The van der Waals surface area contributed by atoms with Gasteiger partial charge in [0.2, 0.25) is 0 Å². The first-order valence-electron chi connectivity index (χ1n) is 14.2. The molecule has 0 amide bonds. The van der Waals surface area contributed by atoms with Crippen molar-refractivity contribution < 1.29 is 0 Å². The van der Waals surface area contributed by atoms with Crippen LogP contribution in [0.4, 0.5) is 0 Å². The van der Waals surface area contributed by atoms with Crippen molar-refractivity contribution in [2.45, 2.75) is 0 Å². The van der Waals surface area contributed by atoms with Gasteiger partial charge in [-0.25, -0.2) is 0 Å². The number of nitrogens with zero attached hydrogens (tertiary/aromatic N) is 1. The smallest absolute Gasteiger partial charge is 0.0547 e. The zero-order chi connectivity index (χ0) is 26.9. The van der Waals surface area contributed by atoms with Crippen LogP contribution in [0.1, 0.15) is 0 Å². The van der Waals surface area contributed by atoms with E-state index in [4.69, 9.17) is 0 Å². The molecule has 0 aliphatic rings. The standard InChI is InChI=1S/C40H25N/c1-2-10-28-23-31(21-19-26(28)9-1)41-38-16-8-7-15-35(38)40-37-25-30(18-17-27(37)20-22-39(40)41)36-24-29-11-3-4-12-32(29)33-13-5-6-14-34(33)36/h1-25H. The highest BCUT2D eigenvalue weighted by Crippen LogP contribution is 2.40. The van der Waals surface area contributed by atoms with Crippen LogP contribution >= 0.6 is 0 Å². The van der Waals surface area contributed by atoms with Crippen molar-refractivity contribution in [1.29, 1.82) is 0 Å². The Morgan fingerprint density at radius 3 is 1.88 bits per heavy atom. The lowest BCUT2D eigenvalue weighted by molar-refractivity contribution is 1.19. The maximum atomic E-state index is 2.43. The minimum Gasteiger partial charge on any atom is -0.309 e. The Hall–Kier alpha value is -5.40. The highest BCUT2D eigenvalue weighted by Gasteiger charge is 2.16. The number of benzene rings is 8. The summed E-state index contributed by atoms with van der Waals surface area (Å²) in [4.78, 5) is 0. The molecular formula is C40H25N. The Balaban J connectivity index is 1.37. The van der Waals surface area contributed by atoms with Crippen LogP contribution in [0.2, 0.25) is 0 Å². The van der Waals surface area contributed by atoms with Crippen LogP contribution in [0, 0.1) is 0 Å². The molecule has 1 heterocycles. The Kier molecular flexibility index (Phi) is 4.67. The first kappa shape index (κ1) is 22.4. The quantitative estimate of drug-likeness (QED) is 0.200.